The third kappa shape index (κ3) is 6.76. The number of aliphatic hydroxyl groups is 1. The molecule has 0 aliphatic rings. The minimum absolute atomic E-state index is 0.0537. The maximum Gasteiger partial charge on any atom is 0.573 e. The van der Waals surface area contributed by atoms with Crippen molar-refractivity contribution in [2.75, 3.05) is 17.2 Å². The number of hydrogen-bond donors (Lipinski definition) is 3. The van der Waals surface area contributed by atoms with E-state index < -0.39 is 18.1 Å². The first-order chi connectivity index (χ1) is 12.6. The molecule has 0 spiro atoms. The average molecular weight is 488 g/mol. The number of carbonyl (C=O) groups is 1. The maximum absolute atomic E-state index is 12.4. The Morgan fingerprint density at radius 2 is 1.85 bits per heavy atom. The smallest absolute Gasteiger partial charge is 0.406 e. The lowest BCUT2D eigenvalue weighted by Gasteiger charge is -2.15. The summed E-state index contributed by atoms with van der Waals surface area (Å²) < 4.78 is 41.2. The van der Waals surface area contributed by atoms with Crippen molar-refractivity contribution in [3.05, 3.63) is 50.4 Å². The number of aliphatic hydroxyl groups excluding tert-OH is 1. The van der Waals surface area contributed by atoms with Crippen LogP contribution in [0.5, 0.6) is 5.75 Å². The van der Waals surface area contributed by atoms with Gasteiger partial charge in [0.25, 0.3) is 0 Å². The highest BCUT2D eigenvalue weighted by atomic mass is 79.9. The van der Waals surface area contributed by atoms with E-state index >= 15 is 0 Å². The predicted octanol–water partition coefficient (Wildman–Crippen LogP) is 5.83. The number of hydrogen-bond acceptors (Lipinski definition) is 3. The molecule has 3 N–H and O–H groups in total. The van der Waals surface area contributed by atoms with Crippen LogP contribution in [0.1, 0.15) is 5.56 Å². The molecule has 0 aliphatic heterocycles. The van der Waals surface area contributed by atoms with E-state index in [1.807, 2.05) is 0 Å². The molecule has 2 amide bonds. The van der Waals surface area contributed by atoms with Gasteiger partial charge in [0.15, 0.2) is 0 Å². The summed E-state index contributed by atoms with van der Waals surface area (Å²) in [5.74, 6) is -0.501. The number of nitrogens with one attached hydrogen (secondary N) is 2. The van der Waals surface area contributed by atoms with Crippen molar-refractivity contribution in [3.63, 3.8) is 0 Å². The number of rotatable bonds is 5. The molecule has 0 radical (unpaired) electrons. The van der Waals surface area contributed by atoms with Crippen molar-refractivity contribution in [1.29, 1.82) is 0 Å². The Bertz CT molecular complexity index is 850. The van der Waals surface area contributed by atoms with E-state index in [-0.39, 0.29) is 38.9 Å². The highest BCUT2D eigenvalue weighted by molar-refractivity contribution is 9.10. The third-order valence-corrected chi connectivity index (χ3v) is 4.15. The first-order valence-corrected chi connectivity index (χ1v) is 8.85. The molecule has 0 saturated heterocycles. The monoisotopic (exact) mass is 486 g/mol. The zero-order chi connectivity index (χ0) is 20.2. The zero-order valence-electron chi connectivity index (χ0n) is 13.3. The molecule has 0 aromatic heterocycles. The summed E-state index contributed by atoms with van der Waals surface area (Å²) >= 11 is 15.0. The molecular weight excluding hydrogens is 476 g/mol. The summed E-state index contributed by atoms with van der Waals surface area (Å²) in [6.45, 7) is -0.207. The second-order valence-corrected chi connectivity index (χ2v) is 6.95. The molecule has 2 rings (SSSR count). The van der Waals surface area contributed by atoms with E-state index in [2.05, 4.69) is 31.3 Å². The SMILES string of the molecule is O=C(Nc1cc(Br)cc(OC(F)(F)F)c1)Nc1cc(Cl)cc(Cl)c1CCO. The first-order valence-electron chi connectivity index (χ1n) is 7.30. The Labute approximate surface area is 170 Å². The van der Waals surface area contributed by atoms with Crippen LogP contribution < -0.4 is 15.4 Å². The lowest BCUT2D eigenvalue weighted by molar-refractivity contribution is -0.274. The van der Waals surface area contributed by atoms with Crippen molar-refractivity contribution in [3.8, 4) is 5.75 Å². The van der Waals surface area contributed by atoms with E-state index in [4.69, 9.17) is 28.3 Å². The molecule has 0 heterocycles. The molecule has 2 aromatic carbocycles. The number of anilines is 2. The van der Waals surface area contributed by atoms with E-state index in [9.17, 15) is 18.0 Å². The summed E-state index contributed by atoms with van der Waals surface area (Å²) in [6, 6.07) is 5.67. The molecule has 2 aromatic rings. The largest absolute Gasteiger partial charge is 0.573 e. The number of ether oxygens (including phenoxy) is 1. The molecule has 0 unspecified atom stereocenters. The van der Waals surface area contributed by atoms with Crippen LogP contribution in [0, 0.1) is 0 Å². The highest BCUT2D eigenvalue weighted by Crippen LogP contribution is 2.31. The number of benzene rings is 2. The van der Waals surface area contributed by atoms with Crippen LogP contribution in [0.4, 0.5) is 29.3 Å². The van der Waals surface area contributed by atoms with E-state index in [1.54, 1.807) is 0 Å². The van der Waals surface area contributed by atoms with Crippen LogP contribution in [0.15, 0.2) is 34.8 Å². The molecule has 146 valence electrons. The summed E-state index contributed by atoms with van der Waals surface area (Å²) in [5.41, 5.74) is 0.785. The summed E-state index contributed by atoms with van der Waals surface area (Å²) in [6.07, 6.45) is -4.69. The van der Waals surface area contributed by atoms with Crippen molar-refractivity contribution >= 4 is 56.5 Å². The van der Waals surface area contributed by atoms with Gasteiger partial charge in [0.1, 0.15) is 5.75 Å². The standard InChI is InChI=1S/C16H12BrCl2F3N2O3/c17-8-3-10(7-11(4-8)27-16(20,21)22)23-15(26)24-14-6-9(18)5-13(19)12(14)1-2-25/h3-7,25H,1-2H2,(H2,23,24,26). The number of urea groups is 1. The molecule has 0 fully saturated rings. The van der Waals surface area contributed by atoms with Crippen LogP contribution >= 0.6 is 39.1 Å². The van der Waals surface area contributed by atoms with E-state index in [0.29, 0.717) is 5.56 Å². The predicted molar refractivity (Wildman–Crippen MR) is 101 cm³/mol. The average Bonchev–Trinajstić information content (AvgIpc) is 2.48. The van der Waals surface area contributed by atoms with Crippen LogP contribution in [-0.4, -0.2) is 24.1 Å². The van der Waals surface area contributed by atoms with Crippen LogP contribution in [0.3, 0.4) is 0 Å². The van der Waals surface area contributed by atoms with E-state index in [0.717, 1.165) is 12.1 Å². The fourth-order valence-electron chi connectivity index (χ4n) is 2.19. The van der Waals surface area contributed by atoms with Gasteiger partial charge in [0.2, 0.25) is 0 Å². The van der Waals surface area contributed by atoms with Crippen molar-refractivity contribution < 1.29 is 27.8 Å². The quantitative estimate of drug-likeness (QED) is 0.496. The van der Waals surface area contributed by atoms with E-state index in [1.165, 1.54) is 18.2 Å². The summed E-state index contributed by atoms with van der Waals surface area (Å²) in [4.78, 5) is 12.2. The summed E-state index contributed by atoms with van der Waals surface area (Å²) in [5, 5.41) is 14.5. The highest BCUT2D eigenvalue weighted by Gasteiger charge is 2.31. The zero-order valence-corrected chi connectivity index (χ0v) is 16.4. The van der Waals surface area contributed by atoms with Gasteiger partial charge in [0, 0.05) is 38.6 Å². The molecule has 27 heavy (non-hydrogen) atoms. The fourth-order valence-corrected chi connectivity index (χ4v) is 3.25. The van der Waals surface area contributed by atoms with Gasteiger partial charge in [-0.3, -0.25) is 0 Å². The normalized spacial score (nSPS) is 11.2. The topological polar surface area (TPSA) is 70.6 Å². The number of alkyl halides is 3. The van der Waals surface area contributed by atoms with Gasteiger partial charge in [-0.2, -0.15) is 0 Å². The lowest BCUT2D eigenvalue weighted by Crippen LogP contribution is -2.21. The fraction of sp³-hybridized carbons (Fsp3) is 0.188. The number of amides is 2. The van der Waals surface area contributed by atoms with Gasteiger partial charge < -0.3 is 20.5 Å². The van der Waals surface area contributed by atoms with Gasteiger partial charge in [0.05, 0.1) is 0 Å². The minimum atomic E-state index is -4.86. The van der Waals surface area contributed by atoms with Gasteiger partial charge in [-0.1, -0.05) is 39.1 Å². The van der Waals surface area contributed by atoms with Crippen LogP contribution in [-0.2, 0) is 6.42 Å². The molecule has 0 atom stereocenters. The number of carbonyl (C=O) groups excluding carboxylic acids is 1. The van der Waals surface area contributed by atoms with Gasteiger partial charge in [-0.15, -0.1) is 13.2 Å². The van der Waals surface area contributed by atoms with Gasteiger partial charge in [-0.05, 0) is 36.2 Å². The Morgan fingerprint density at radius 3 is 2.48 bits per heavy atom. The lowest BCUT2D eigenvalue weighted by atomic mass is 10.1. The molecular formula is C16H12BrCl2F3N2O3. The molecule has 0 bridgehead atoms. The first kappa shape index (κ1) is 21.6. The van der Waals surface area contributed by atoms with Crippen LogP contribution in [0.25, 0.3) is 0 Å². The van der Waals surface area contributed by atoms with Crippen molar-refractivity contribution in [2.45, 2.75) is 12.8 Å². The second-order valence-electron chi connectivity index (χ2n) is 5.19. The Hall–Kier alpha value is -1.68. The third-order valence-electron chi connectivity index (χ3n) is 3.13. The maximum atomic E-state index is 12.4. The number of halogens is 6. The van der Waals surface area contributed by atoms with Gasteiger partial charge in [-0.25, -0.2) is 4.79 Å². The Kier molecular flexibility index (Phi) is 7.21. The molecule has 11 heteroatoms. The molecule has 0 saturated carbocycles. The van der Waals surface area contributed by atoms with Crippen LogP contribution in [0.2, 0.25) is 10.0 Å². The van der Waals surface area contributed by atoms with Gasteiger partial charge >= 0.3 is 12.4 Å². The Morgan fingerprint density at radius 1 is 1.15 bits per heavy atom. The summed E-state index contributed by atoms with van der Waals surface area (Å²) in [7, 11) is 0. The Balaban J connectivity index is 2.19. The molecule has 5 nitrogen and oxygen atoms in total. The van der Waals surface area contributed by atoms with Crippen molar-refractivity contribution in [1.82, 2.24) is 0 Å². The van der Waals surface area contributed by atoms with Crippen molar-refractivity contribution in [2.24, 2.45) is 0 Å². The minimum Gasteiger partial charge on any atom is -0.406 e. The second kappa shape index (κ2) is 9.01. The molecule has 0 aliphatic carbocycles.